The highest BCUT2D eigenvalue weighted by molar-refractivity contribution is 6.49. The Morgan fingerprint density at radius 2 is 0.895 bits per heavy atom. The van der Waals surface area contributed by atoms with E-state index in [0.717, 1.165) is 33.9 Å². The van der Waals surface area contributed by atoms with E-state index in [4.69, 9.17) is 16.6 Å². The second kappa shape index (κ2) is 12.8. The van der Waals surface area contributed by atoms with Gasteiger partial charge in [-0.1, -0.05) is 135 Å². The Kier molecular flexibility index (Phi) is 8.76. The van der Waals surface area contributed by atoms with E-state index in [1.165, 1.54) is 4.48 Å². The van der Waals surface area contributed by atoms with Crippen molar-refractivity contribution in [3.63, 3.8) is 0 Å². The lowest BCUT2D eigenvalue weighted by Gasteiger charge is -2.27. The molecule has 0 amide bonds. The van der Waals surface area contributed by atoms with Crippen molar-refractivity contribution in [1.82, 2.24) is 8.96 Å². The van der Waals surface area contributed by atoms with Crippen LogP contribution >= 0.6 is 11.6 Å². The maximum atomic E-state index is 17.9. The van der Waals surface area contributed by atoms with E-state index in [9.17, 15) is 8.78 Å². The average molecular weight is 792 g/mol. The van der Waals surface area contributed by atoms with Crippen molar-refractivity contribution in [2.45, 2.75) is 89.9 Å². The first-order valence-corrected chi connectivity index (χ1v) is 19.5. The van der Waals surface area contributed by atoms with Gasteiger partial charge in [0.05, 0.1) is 17.0 Å². The van der Waals surface area contributed by atoms with Crippen LogP contribution in [0.2, 0.25) is 0 Å². The molecule has 0 radical (unpaired) electrons. The van der Waals surface area contributed by atoms with Gasteiger partial charge in [-0.2, -0.15) is 17.6 Å². The number of allylic oxidation sites excluding steroid dienone is 2. The Morgan fingerprint density at radius 1 is 0.509 bits per heavy atom. The van der Waals surface area contributed by atoms with Crippen LogP contribution in [-0.2, 0) is 16.2 Å². The number of rotatable bonds is 5. The molecule has 8 rings (SSSR count). The SMILES string of the molecule is CC(C)(C)c1ccc(C2=C3N=C(C=C3C(F)(F)C(F)(F)Cl)C(c3ccc(C(C)(C)C)cc3)=c3ccc4n3B(F)n3c2ccc3C=4c2ccc(C(C)(C)C)cc2)cc1. The van der Waals surface area contributed by atoms with Crippen molar-refractivity contribution in [3.05, 3.63) is 170 Å². The molecule has 0 aliphatic carbocycles. The lowest BCUT2D eigenvalue weighted by molar-refractivity contribution is -0.128. The van der Waals surface area contributed by atoms with E-state index in [1.807, 2.05) is 75.4 Å². The number of nitrogens with zero attached hydrogens (tertiary/aromatic N) is 3. The first kappa shape index (κ1) is 39.0. The highest BCUT2D eigenvalue weighted by atomic mass is 35.5. The minimum atomic E-state index is -4.97. The Bertz CT molecular complexity index is 2670. The summed E-state index contributed by atoms with van der Waals surface area (Å²) in [4.78, 5) is 4.85. The summed E-state index contributed by atoms with van der Waals surface area (Å²) in [6, 6.07) is 30.0. The molecule has 0 spiro atoms. The van der Waals surface area contributed by atoms with E-state index >= 15 is 13.1 Å². The Labute approximate surface area is 335 Å². The number of hydrogen-bond donors (Lipinski definition) is 0. The molecule has 0 fully saturated rings. The molecule has 57 heavy (non-hydrogen) atoms. The molecular formula is C47H44BClF5N3. The van der Waals surface area contributed by atoms with Crippen molar-refractivity contribution in [2.24, 2.45) is 4.99 Å². The zero-order chi connectivity index (χ0) is 41.2. The van der Waals surface area contributed by atoms with Gasteiger partial charge in [0.2, 0.25) is 0 Å². The standard InChI is InChI=1S/C47H44BClF5N3/c1-43(2,3)30-16-10-27(11-17-30)39-34-26-33(46(50,51)47(49,52)53)42(55-34)41(29-14-20-32(21-15-29)45(7,8)9)38-25-24-37-40(28-12-18-31(19-13-28)44(4,5)6)36-23-22-35(39)56(36)48(54)57(37)38/h10-26H,1-9H3. The number of aliphatic imine (C=N–C) groups is 1. The summed E-state index contributed by atoms with van der Waals surface area (Å²) in [6.45, 7) is 18.8. The van der Waals surface area contributed by atoms with E-state index in [0.29, 0.717) is 33.1 Å². The van der Waals surface area contributed by atoms with Crippen LogP contribution in [-0.4, -0.2) is 33.2 Å². The second-order valence-electron chi connectivity index (χ2n) is 18.3. The molecule has 5 aromatic rings. The first-order valence-electron chi connectivity index (χ1n) is 19.1. The molecule has 0 N–H and O–H groups in total. The molecule has 0 atom stereocenters. The van der Waals surface area contributed by atoms with Gasteiger partial charge in [-0.05, 0) is 91.6 Å². The minimum Gasteiger partial charge on any atom is -0.334 e. The molecule has 3 aliphatic rings. The van der Waals surface area contributed by atoms with E-state index in [-0.39, 0.29) is 33.2 Å². The molecule has 3 nitrogen and oxygen atoms in total. The van der Waals surface area contributed by atoms with Gasteiger partial charge in [-0.15, -0.1) is 0 Å². The van der Waals surface area contributed by atoms with Crippen LogP contribution in [0.15, 0.2) is 119 Å². The largest absolute Gasteiger partial charge is 0.597 e. The molecule has 292 valence electrons. The highest BCUT2D eigenvalue weighted by Crippen LogP contribution is 2.50. The van der Waals surface area contributed by atoms with Gasteiger partial charge in [-0.25, -0.2) is 4.99 Å². The molecule has 3 aromatic carbocycles. The third-order valence-corrected chi connectivity index (χ3v) is 11.6. The van der Waals surface area contributed by atoms with Gasteiger partial charge in [0.1, 0.15) is 0 Å². The number of aromatic nitrogens is 2. The molecule has 5 heterocycles. The third-order valence-electron chi connectivity index (χ3n) is 11.4. The fourth-order valence-electron chi connectivity index (χ4n) is 8.09. The first-order chi connectivity index (χ1) is 26.5. The van der Waals surface area contributed by atoms with Crippen LogP contribution < -0.4 is 10.7 Å². The smallest absolute Gasteiger partial charge is 0.334 e. The van der Waals surface area contributed by atoms with E-state index in [1.54, 1.807) is 34.8 Å². The monoisotopic (exact) mass is 791 g/mol. The predicted molar refractivity (Wildman–Crippen MR) is 223 cm³/mol. The van der Waals surface area contributed by atoms with Crippen molar-refractivity contribution in [1.29, 1.82) is 0 Å². The average Bonchev–Trinajstić information content (AvgIpc) is 3.87. The Hall–Kier alpha value is -4.89. The van der Waals surface area contributed by atoms with Crippen molar-refractivity contribution in [3.8, 4) is 0 Å². The van der Waals surface area contributed by atoms with Gasteiger partial charge < -0.3 is 8.96 Å². The van der Waals surface area contributed by atoms with E-state index in [2.05, 4.69) is 53.7 Å². The summed E-state index contributed by atoms with van der Waals surface area (Å²) >= 11 is 5.27. The van der Waals surface area contributed by atoms with Gasteiger partial charge in [0, 0.05) is 38.8 Å². The number of fused-ring (bicyclic) bond motifs is 1. The van der Waals surface area contributed by atoms with Crippen LogP contribution in [0.4, 0.5) is 21.9 Å². The number of hydrogen-bond acceptors (Lipinski definition) is 1. The van der Waals surface area contributed by atoms with Gasteiger partial charge >= 0.3 is 18.6 Å². The van der Waals surface area contributed by atoms with Crippen LogP contribution in [0.5, 0.6) is 0 Å². The minimum absolute atomic E-state index is 0.0112. The van der Waals surface area contributed by atoms with Gasteiger partial charge in [0.25, 0.3) is 0 Å². The number of alkyl halides is 5. The van der Waals surface area contributed by atoms with E-state index < -0.39 is 29.8 Å². The fourth-order valence-corrected chi connectivity index (χ4v) is 8.19. The summed E-state index contributed by atoms with van der Waals surface area (Å²) in [5.74, 6) is -4.87. The van der Waals surface area contributed by atoms with Gasteiger partial charge in [-0.3, -0.25) is 4.32 Å². The summed E-state index contributed by atoms with van der Waals surface area (Å²) < 4.78 is 83.6. The molecule has 0 unspecified atom stereocenters. The maximum Gasteiger partial charge on any atom is 0.597 e. The van der Waals surface area contributed by atoms with Crippen LogP contribution in [0, 0.1) is 0 Å². The van der Waals surface area contributed by atoms with Crippen LogP contribution in [0.25, 0.3) is 16.7 Å². The zero-order valence-electron chi connectivity index (χ0n) is 33.5. The molecule has 2 aromatic heterocycles. The summed E-state index contributed by atoms with van der Waals surface area (Å²) in [5, 5.41) is -4.05. The van der Waals surface area contributed by atoms with Gasteiger partial charge in [0.15, 0.2) is 0 Å². The van der Waals surface area contributed by atoms with Crippen molar-refractivity contribution in [2.75, 3.05) is 0 Å². The molecule has 0 saturated carbocycles. The maximum absolute atomic E-state index is 17.9. The number of halogens is 6. The zero-order valence-corrected chi connectivity index (χ0v) is 34.3. The second-order valence-corrected chi connectivity index (χ2v) is 18.8. The Morgan fingerprint density at radius 3 is 1.32 bits per heavy atom. The predicted octanol–water partition coefficient (Wildman–Crippen LogP) is 10.9. The van der Waals surface area contributed by atoms with Crippen LogP contribution in [0.3, 0.4) is 0 Å². The Balaban J connectivity index is 1.54. The van der Waals surface area contributed by atoms with Crippen molar-refractivity contribution < 1.29 is 21.9 Å². The molecule has 3 aliphatic heterocycles. The lowest BCUT2D eigenvalue weighted by Crippen LogP contribution is -2.49. The fraction of sp³-hybridized carbons (Fsp3) is 0.298. The van der Waals surface area contributed by atoms with Crippen molar-refractivity contribution >= 4 is 41.3 Å². The normalized spacial score (nSPS) is 16.0. The number of benzene rings is 3. The third kappa shape index (κ3) is 6.28. The summed E-state index contributed by atoms with van der Waals surface area (Å²) in [7, 11) is -1.85. The molecule has 0 saturated heterocycles. The summed E-state index contributed by atoms with van der Waals surface area (Å²) in [6.07, 6.45) is 1.000. The lowest BCUT2D eigenvalue weighted by atomic mass is 9.85. The summed E-state index contributed by atoms with van der Waals surface area (Å²) in [5.41, 5.74) is 4.69. The van der Waals surface area contributed by atoms with Crippen LogP contribution in [0.1, 0.15) is 107 Å². The quantitative estimate of drug-likeness (QED) is 0.0961. The topological polar surface area (TPSA) is 22.2 Å². The molecule has 10 heteroatoms. The molecular weight excluding hydrogens is 748 g/mol. The highest BCUT2D eigenvalue weighted by Gasteiger charge is 2.60. The molecule has 4 bridgehead atoms.